The molecular formula is C13H19N3O4S. The second-order valence-electron chi connectivity index (χ2n) is 5.16. The molecule has 0 spiro atoms. The molecule has 1 aromatic rings. The molecule has 21 heavy (non-hydrogen) atoms. The SMILES string of the molecule is CN(C1CCCNC1)S(=O)(=O)Cc1ccccc1[N+](=O)[O-]. The minimum Gasteiger partial charge on any atom is -0.315 e. The molecule has 0 amide bonds. The van der Waals surface area contributed by atoms with Crippen LogP contribution in [0.4, 0.5) is 5.69 Å². The summed E-state index contributed by atoms with van der Waals surface area (Å²) in [5, 5.41) is 14.1. The molecule has 2 rings (SSSR count). The Labute approximate surface area is 124 Å². The van der Waals surface area contributed by atoms with Crippen LogP contribution in [0.1, 0.15) is 18.4 Å². The lowest BCUT2D eigenvalue weighted by Crippen LogP contribution is -2.46. The molecule has 0 radical (unpaired) electrons. The fourth-order valence-corrected chi connectivity index (χ4v) is 3.96. The highest BCUT2D eigenvalue weighted by molar-refractivity contribution is 7.88. The summed E-state index contributed by atoms with van der Waals surface area (Å²) in [4.78, 5) is 10.4. The average Bonchev–Trinajstić information content (AvgIpc) is 2.47. The van der Waals surface area contributed by atoms with E-state index in [0.717, 1.165) is 19.4 Å². The van der Waals surface area contributed by atoms with Gasteiger partial charge in [-0.05, 0) is 19.4 Å². The molecule has 1 N–H and O–H groups in total. The largest absolute Gasteiger partial charge is 0.315 e. The first-order chi connectivity index (χ1) is 9.92. The third-order valence-electron chi connectivity index (χ3n) is 3.75. The normalized spacial score (nSPS) is 19.6. The van der Waals surface area contributed by atoms with Gasteiger partial charge in [0.15, 0.2) is 0 Å². The predicted octanol–water partition coefficient (Wildman–Crippen LogP) is 1.11. The van der Waals surface area contributed by atoms with Gasteiger partial charge in [-0.15, -0.1) is 0 Å². The smallest absolute Gasteiger partial charge is 0.273 e. The Morgan fingerprint density at radius 3 is 2.76 bits per heavy atom. The van der Waals surface area contributed by atoms with Crippen LogP contribution in [0.15, 0.2) is 24.3 Å². The Hall–Kier alpha value is -1.51. The number of nitrogens with zero attached hydrogens (tertiary/aromatic N) is 2. The molecular weight excluding hydrogens is 294 g/mol. The van der Waals surface area contributed by atoms with Crippen LogP contribution in [0.5, 0.6) is 0 Å². The number of sulfonamides is 1. The highest BCUT2D eigenvalue weighted by Crippen LogP contribution is 2.23. The third kappa shape index (κ3) is 3.78. The Bertz CT molecular complexity index is 612. The molecule has 116 valence electrons. The molecule has 1 fully saturated rings. The number of benzene rings is 1. The number of nitro groups is 1. The van der Waals surface area contributed by atoms with Gasteiger partial charge < -0.3 is 5.32 Å². The van der Waals surface area contributed by atoms with Crippen LogP contribution in [0.2, 0.25) is 0 Å². The van der Waals surface area contributed by atoms with Crippen molar-refractivity contribution in [2.24, 2.45) is 0 Å². The van der Waals surface area contributed by atoms with E-state index in [-0.39, 0.29) is 23.0 Å². The summed E-state index contributed by atoms with van der Waals surface area (Å²) in [7, 11) is -2.04. The second-order valence-corrected chi connectivity index (χ2v) is 7.19. The first-order valence-electron chi connectivity index (χ1n) is 6.80. The van der Waals surface area contributed by atoms with E-state index < -0.39 is 14.9 Å². The van der Waals surface area contributed by atoms with E-state index in [1.807, 2.05) is 0 Å². The summed E-state index contributed by atoms with van der Waals surface area (Å²) in [6.07, 6.45) is 1.73. The first-order valence-corrected chi connectivity index (χ1v) is 8.41. The zero-order chi connectivity index (χ0) is 15.5. The van der Waals surface area contributed by atoms with Gasteiger partial charge in [0, 0.05) is 31.3 Å². The van der Waals surface area contributed by atoms with Crippen molar-refractivity contribution < 1.29 is 13.3 Å². The predicted molar refractivity (Wildman–Crippen MR) is 79.4 cm³/mol. The van der Waals surface area contributed by atoms with Crippen LogP contribution in [0, 0.1) is 10.1 Å². The Morgan fingerprint density at radius 2 is 2.14 bits per heavy atom. The Morgan fingerprint density at radius 1 is 1.43 bits per heavy atom. The van der Waals surface area contributed by atoms with Crippen LogP contribution in [-0.4, -0.2) is 43.8 Å². The highest BCUT2D eigenvalue weighted by atomic mass is 32.2. The Balaban J connectivity index is 2.19. The second kappa shape index (κ2) is 6.50. The number of hydrogen-bond donors (Lipinski definition) is 1. The maximum absolute atomic E-state index is 12.4. The summed E-state index contributed by atoms with van der Waals surface area (Å²) in [6, 6.07) is 5.87. The van der Waals surface area contributed by atoms with Crippen molar-refractivity contribution in [1.29, 1.82) is 0 Å². The van der Waals surface area contributed by atoms with E-state index in [9.17, 15) is 18.5 Å². The van der Waals surface area contributed by atoms with Crippen molar-refractivity contribution in [3.8, 4) is 0 Å². The minimum absolute atomic E-state index is 0.0912. The van der Waals surface area contributed by atoms with Gasteiger partial charge in [0.05, 0.1) is 10.7 Å². The number of piperidine rings is 1. The molecule has 0 aromatic heterocycles. The fraction of sp³-hybridized carbons (Fsp3) is 0.538. The van der Waals surface area contributed by atoms with E-state index in [4.69, 9.17) is 0 Å². The van der Waals surface area contributed by atoms with Crippen molar-refractivity contribution in [3.63, 3.8) is 0 Å². The van der Waals surface area contributed by atoms with E-state index >= 15 is 0 Å². The summed E-state index contributed by atoms with van der Waals surface area (Å²) >= 11 is 0. The third-order valence-corrected chi connectivity index (χ3v) is 5.60. The molecule has 0 aliphatic carbocycles. The van der Waals surface area contributed by atoms with Crippen molar-refractivity contribution in [3.05, 3.63) is 39.9 Å². The number of para-hydroxylation sites is 1. The van der Waals surface area contributed by atoms with Gasteiger partial charge in [0.25, 0.3) is 5.69 Å². The molecule has 1 saturated heterocycles. The molecule has 1 aliphatic heterocycles. The van der Waals surface area contributed by atoms with Crippen LogP contribution in [-0.2, 0) is 15.8 Å². The highest BCUT2D eigenvalue weighted by Gasteiger charge is 2.29. The number of nitrogens with one attached hydrogen (secondary N) is 1. The van der Waals surface area contributed by atoms with Gasteiger partial charge in [-0.25, -0.2) is 12.7 Å². The Kier molecular flexibility index (Phi) is 4.92. The van der Waals surface area contributed by atoms with Crippen molar-refractivity contribution in [2.45, 2.75) is 24.6 Å². The maximum atomic E-state index is 12.4. The zero-order valence-electron chi connectivity index (χ0n) is 11.9. The topological polar surface area (TPSA) is 92.6 Å². The van der Waals surface area contributed by atoms with Crippen molar-refractivity contribution in [1.82, 2.24) is 9.62 Å². The minimum atomic E-state index is -3.58. The molecule has 1 heterocycles. The van der Waals surface area contributed by atoms with E-state index in [2.05, 4.69) is 5.32 Å². The molecule has 7 nitrogen and oxygen atoms in total. The van der Waals surface area contributed by atoms with Crippen LogP contribution >= 0.6 is 0 Å². The van der Waals surface area contributed by atoms with E-state index in [1.54, 1.807) is 13.1 Å². The van der Waals surface area contributed by atoms with Gasteiger partial charge in [-0.2, -0.15) is 0 Å². The summed E-state index contributed by atoms with van der Waals surface area (Å²) < 4.78 is 26.2. The monoisotopic (exact) mass is 313 g/mol. The number of rotatable bonds is 5. The lowest BCUT2D eigenvalue weighted by molar-refractivity contribution is -0.385. The van der Waals surface area contributed by atoms with Crippen LogP contribution < -0.4 is 5.32 Å². The number of likely N-dealkylation sites (N-methyl/N-ethyl adjacent to an activating group) is 1. The summed E-state index contributed by atoms with van der Waals surface area (Å²) in [5.74, 6) is -0.350. The number of nitro benzene ring substituents is 1. The standard InChI is InChI=1S/C13H19N3O4S/c1-15(12-6-4-8-14-9-12)21(19,20)10-11-5-2-3-7-13(11)16(17)18/h2-3,5,7,12,14H,4,6,8-10H2,1H3. The van der Waals surface area contributed by atoms with Gasteiger partial charge in [-0.1, -0.05) is 18.2 Å². The fourth-order valence-electron chi connectivity index (χ4n) is 2.48. The molecule has 0 saturated carbocycles. The number of hydrogen-bond acceptors (Lipinski definition) is 5. The first kappa shape index (κ1) is 15.9. The van der Waals surface area contributed by atoms with Gasteiger partial charge in [0.2, 0.25) is 10.0 Å². The lowest BCUT2D eigenvalue weighted by atomic mass is 10.1. The molecule has 1 atom stereocenters. The maximum Gasteiger partial charge on any atom is 0.273 e. The van der Waals surface area contributed by atoms with Gasteiger partial charge in [0.1, 0.15) is 0 Å². The quantitative estimate of drug-likeness (QED) is 0.649. The average molecular weight is 313 g/mol. The van der Waals surface area contributed by atoms with Crippen molar-refractivity contribution in [2.75, 3.05) is 20.1 Å². The van der Waals surface area contributed by atoms with E-state index in [0.29, 0.717) is 6.54 Å². The molecule has 8 heteroatoms. The van der Waals surface area contributed by atoms with Gasteiger partial charge in [-0.3, -0.25) is 10.1 Å². The summed E-state index contributed by atoms with van der Waals surface area (Å²) in [5.41, 5.74) is 0.0642. The van der Waals surface area contributed by atoms with Crippen LogP contribution in [0.3, 0.4) is 0 Å². The molecule has 1 unspecified atom stereocenters. The molecule has 1 aromatic carbocycles. The van der Waals surface area contributed by atoms with Crippen molar-refractivity contribution >= 4 is 15.7 Å². The van der Waals surface area contributed by atoms with E-state index in [1.165, 1.54) is 22.5 Å². The summed E-state index contributed by atoms with van der Waals surface area (Å²) in [6.45, 7) is 1.52. The molecule has 0 bridgehead atoms. The zero-order valence-corrected chi connectivity index (χ0v) is 12.7. The van der Waals surface area contributed by atoms with Gasteiger partial charge >= 0.3 is 0 Å². The van der Waals surface area contributed by atoms with Crippen LogP contribution in [0.25, 0.3) is 0 Å². The molecule has 1 aliphatic rings. The lowest BCUT2D eigenvalue weighted by Gasteiger charge is -2.30.